The van der Waals surface area contributed by atoms with Crippen LogP contribution in [0, 0.1) is 0 Å². The summed E-state index contributed by atoms with van der Waals surface area (Å²) < 4.78 is 73.8. The van der Waals surface area contributed by atoms with Crippen molar-refractivity contribution in [2.45, 2.75) is 61.3 Å². The van der Waals surface area contributed by atoms with Gasteiger partial charge in [0.15, 0.2) is 12.4 Å². The molecule has 1 aliphatic carbocycles. The summed E-state index contributed by atoms with van der Waals surface area (Å²) in [5.41, 5.74) is 6.90. The maximum Gasteiger partial charge on any atom is 1.00 e. The van der Waals surface area contributed by atoms with Gasteiger partial charge < -0.3 is 23.9 Å². The quantitative estimate of drug-likeness (QED) is 0.0693. The van der Waals surface area contributed by atoms with Crippen molar-refractivity contribution in [2.24, 2.45) is 0 Å². The van der Waals surface area contributed by atoms with Gasteiger partial charge in [-0.15, -0.1) is 0 Å². The molecular formula is C40H36K2N2O8S2. The van der Waals surface area contributed by atoms with Gasteiger partial charge in [-0.2, -0.15) is 0 Å². The maximum atomic E-state index is 12.0. The van der Waals surface area contributed by atoms with E-state index in [1.807, 2.05) is 48.8 Å². The van der Waals surface area contributed by atoms with Gasteiger partial charge in [0.2, 0.25) is 0 Å². The van der Waals surface area contributed by atoms with E-state index in [0.29, 0.717) is 12.1 Å². The molecule has 6 rings (SSSR count). The Morgan fingerprint density at radius 1 is 0.667 bits per heavy atom. The van der Waals surface area contributed by atoms with E-state index in [-0.39, 0.29) is 121 Å². The Kier molecular flexibility index (Phi) is 15.4. The van der Waals surface area contributed by atoms with Gasteiger partial charge in [0.25, 0.3) is 0 Å². The molecule has 10 nitrogen and oxygen atoms in total. The normalized spacial score (nSPS) is 13.0. The SMILES string of the molecule is CC1(C)c2cc(/C=C/c3cc[n+](CCCCCC(=O)[O-])cc3)ccc2-c2ccc(N(c3cccc(S(=O)(=O)[O-])c3)c3cccc(S(=O)(=O)[O-])c3)cc21.[K+].[K+]. The smallest absolute Gasteiger partial charge is 0.744 e. The zero-order valence-corrected chi connectivity index (χ0v) is 38.4. The molecule has 0 bridgehead atoms. The third kappa shape index (κ3) is 10.5. The van der Waals surface area contributed by atoms with Gasteiger partial charge in [0, 0.05) is 47.0 Å². The molecule has 5 aromatic rings. The fourth-order valence-electron chi connectivity index (χ4n) is 6.65. The summed E-state index contributed by atoms with van der Waals surface area (Å²) in [6.07, 6.45) is 10.5. The molecular weight excluding hydrogens is 779 g/mol. The Bertz CT molecular complexity index is 2340. The summed E-state index contributed by atoms with van der Waals surface area (Å²) in [6, 6.07) is 27.0. The zero-order valence-electron chi connectivity index (χ0n) is 30.6. The maximum absolute atomic E-state index is 12.0. The first-order valence-electron chi connectivity index (χ1n) is 16.7. The molecule has 0 N–H and O–H groups in total. The summed E-state index contributed by atoms with van der Waals surface area (Å²) in [4.78, 5) is 11.3. The van der Waals surface area contributed by atoms with Crippen molar-refractivity contribution in [1.29, 1.82) is 0 Å². The zero-order chi connectivity index (χ0) is 37.3. The van der Waals surface area contributed by atoms with E-state index in [0.717, 1.165) is 52.8 Å². The van der Waals surface area contributed by atoms with Crippen molar-refractivity contribution in [3.63, 3.8) is 0 Å². The molecule has 1 aliphatic rings. The number of hydrogen-bond donors (Lipinski definition) is 0. The Balaban J connectivity index is 0.00000325. The average molecular weight is 815 g/mol. The summed E-state index contributed by atoms with van der Waals surface area (Å²) in [7, 11) is -9.60. The minimum Gasteiger partial charge on any atom is -0.744 e. The monoisotopic (exact) mass is 814 g/mol. The summed E-state index contributed by atoms with van der Waals surface area (Å²) in [5.74, 6) is -1.01. The number of aliphatic carboxylic acids is 1. The Morgan fingerprint density at radius 2 is 1.19 bits per heavy atom. The van der Waals surface area contributed by atoms with E-state index < -0.39 is 41.4 Å². The van der Waals surface area contributed by atoms with Crippen LogP contribution in [0.5, 0.6) is 0 Å². The third-order valence-corrected chi connectivity index (χ3v) is 11.0. The average Bonchev–Trinajstić information content (AvgIpc) is 3.32. The first-order valence-corrected chi connectivity index (χ1v) is 19.5. The van der Waals surface area contributed by atoms with E-state index in [9.17, 15) is 35.8 Å². The molecule has 0 aliphatic heterocycles. The van der Waals surface area contributed by atoms with Crippen LogP contribution in [0.2, 0.25) is 0 Å². The van der Waals surface area contributed by atoms with Gasteiger partial charge in [-0.1, -0.05) is 62.4 Å². The van der Waals surface area contributed by atoms with Gasteiger partial charge in [-0.3, -0.25) is 0 Å². The van der Waals surface area contributed by atoms with Gasteiger partial charge >= 0.3 is 103 Å². The number of benzene rings is 4. The van der Waals surface area contributed by atoms with Crippen molar-refractivity contribution in [3.8, 4) is 11.1 Å². The number of aromatic nitrogens is 1. The predicted octanol–water partition coefficient (Wildman–Crippen LogP) is 0.0471. The van der Waals surface area contributed by atoms with Gasteiger partial charge in [0.1, 0.15) is 26.8 Å². The Labute approximate surface area is 401 Å². The number of carboxylic acid groups (broad SMARTS) is 1. The van der Waals surface area contributed by atoms with E-state index >= 15 is 0 Å². The fourth-order valence-corrected chi connectivity index (χ4v) is 7.67. The second-order valence-corrected chi connectivity index (χ2v) is 16.0. The number of carbonyl (C=O) groups is 1. The number of aryl methyl sites for hydroxylation is 1. The van der Waals surface area contributed by atoms with Gasteiger partial charge in [0.05, 0.1) is 9.79 Å². The Hall–Kier alpha value is -1.87. The largest absolute Gasteiger partial charge is 1.00 e. The van der Waals surface area contributed by atoms with Crippen LogP contribution in [0.1, 0.15) is 61.8 Å². The van der Waals surface area contributed by atoms with E-state index in [1.165, 1.54) is 36.4 Å². The molecule has 1 heterocycles. The Morgan fingerprint density at radius 3 is 1.74 bits per heavy atom. The van der Waals surface area contributed by atoms with Crippen LogP contribution < -0.4 is 117 Å². The van der Waals surface area contributed by atoms with Gasteiger partial charge in [-0.25, -0.2) is 21.4 Å². The standard InChI is InChI=1S/C40H38N2O8S2.2K/c1-40(2)37-24-29(14-13-28-19-22-41(23-20-28)21-5-3-4-12-39(43)44)15-17-35(37)36-18-16-32(27-38(36)40)42(30-8-6-10-33(25-30)51(45,46)47)31-9-7-11-34(26-31)52(48,49)50;;/h6-11,13-20,22-27H,3-5,12,21H2,1-2H3,(H2-,43,44,45,46,47,48,49,50);;/q;2*+1/p-2. The second-order valence-electron chi connectivity index (χ2n) is 13.3. The summed E-state index contributed by atoms with van der Waals surface area (Å²) in [6.45, 7) is 5.03. The van der Waals surface area contributed by atoms with Crippen LogP contribution in [0.15, 0.2) is 119 Å². The first-order chi connectivity index (χ1) is 24.6. The molecule has 4 aromatic carbocycles. The van der Waals surface area contributed by atoms with E-state index in [4.69, 9.17) is 0 Å². The van der Waals surface area contributed by atoms with Crippen LogP contribution in [0.25, 0.3) is 23.3 Å². The molecule has 0 spiro atoms. The van der Waals surface area contributed by atoms with Gasteiger partial charge in [-0.05, 0) is 101 Å². The van der Waals surface area contributed by atoms with Crippen molar-refractivity contribution in [1.82, 2.24) is 0 Å². The molecule has 0 saturated carbocycles. The number of nitrogens with zero attached hydrogens (tertiary/aromatic N) is 2. The molecule has 0 atom stereocenters. The minimum absolute atomic E-state index is 0. The van der Waals surface area contributed by atoms with Crippen LogP contribution in [0.3, 0.4) is 0 Å². The number of pyridine rings is 1. The van der Waals surface area contributed by atoms with Crippen LogP contribution in [-0.4, -0.2) is 31.9 Å². The van der Waals surface area contributed by atoms with Crippen LogP contribution in [-0.2, 0) is 37.0 Å². The molecule has 0 fully saturated rings. The summed E-state index contributed by atoms with van der Waals surface area (Å²) >= 11 is 0. The molecule has 0 radical (unpaired) electrons. The molecule has 1 aromatic heterocycles. The van der Waals surface area contributed by atoms with Crippen LogP contribution in [0.4, 0.5) is 17.1 Å². The van der Waals surface area contributed by atoms with Crippen molar-refractivity contribution < 1.29 is 143 Å². The van der Waals surface area contributed by atoms with Crippen molar-refractivity contribution >= 4 is 55.4 Å². The topological polar surface area (TPSA) is 162 Å². The second kappa shape index (κ2) is 18.6. The number of hydrogen-bond acceptors (Lipinski definition) is 9. The molecule has 54 heavy (non-hydrogen) atoms. The third-order valence-electron chi connectivity index (χ3n) is 9.35. The minimum atomic E-state index is -4.80. The van der Waals surface area contributed by atoms with E-state index in [1.54, 1.807) is 17.0 Å². The molecule has 268 valence electrons. The van der Waals surface area contributed by atoms with E-state index in [2.05, 4.69) is 42.7 Å². The first kappa shape index (κ1) is 44.8. The number of unbranched alkanes of at least 4 members (excludes halogenated alkanes) is 2. The van der Waals surface area contributed by atoms with Crippen molar-refractivity contribution in [2.75, 3.05) is 4.90 Å². The molecule has 14 heteroatoms. The number of carboxylic acids is 1. The van der Waals surface area contributed by atoms with Crippen molar-refractivity contribution in [3.05, 3.63) is 132 Å². The molecule has 0 unspecified atom stereocenters. The predicted molar refractivity (Wildman–Crippen MR) is 194 cm³/mol. The molecule has 0 saturated heterocycles. The molecule has 0 amide bonds. The number of fused-ring (bicyclic) bond motifs is 3. The fraction of sp³-hybridized carbons (Fsp3) is 0.200. The summed E-state index contributed by atoms with van der Waals surface area (Å²) in [5, 5.41) is 10.6. The number of carbonyl (C=O) groups excluding carboxylic acids is 1. The number of anilines is 3. The van der Waals surface area contributed by atoms with Crippen LogP contribution >= 0.6 is 0 Å². The number of rotatable bonds is 13.